The highest BCUT2D eigenvalue weighted by molar-refractivity contribution is 5.92. The minimum absolute atomic E-state index is 1.19. The highest BCUT2D eigenvalue weighted by atomic mass is 14.1. The topological polar surface area (TPSA) is 0 Å². The monoisotopic (exact) mass is 210 g/mol. The number of hydrogen-bond donors (Lipinski definition) is 0. The van der Waals surface area contributed by atoms with Crippen LogP contribution in [0.2, 0.25) is 0 Å². The van der Waals surface area contributed by atoms with Crippen molar-refractivity contribution in [2.75, 3.05) is 0 Å². The van der Waals surface area contributed by atoms with E-state index in [2.05, 4.69) is 52.5 Å². The second-order valence-electron chi connectivity index (χ2n) is 4.51. The summed E-state index contributed by atoms with van der Waals surface area (Å²) < 4.78 is 0. The third-order valence-electron chi connectivity index (χ3n) is 3.77. The number of aryl methyl sites for hydroxylation is 2. The SMILES string of the molecule is C=Cc1ccc2c(C)c(C)c(C)c(C)c2c1. The van der Waals surface area contributed by atoms with Crippen molar-refractivity contribution < 1.29 is 0 Å². The first-order valence-electron chi connectivity index (χ1n) is 5.68. The van der Waals surface area contributed by atoms with E-state index >= 15 is 0 Å². The molecule has 0 aromatic heterocycles. The van der Waals surface area contributed by atoms with E-state index in [1.54, 1.807) is 0 Å². The molecule has 0 heteroatoms. The van der Waals surface area contributed by atoms with Gasteiger partial charge in [-0.3, -0.25) is 0 Å². The highest BCUT2D eigenvalue weighted by Gasteiger charge is 2.08. The first kappa shape index (κ1) is 10.9. The zero-order valence-corrected chi connectivity index (χ0v) is 10.5. The summed E-state index contributed by atoms with van der Waals surface area (Å²) in [5.41, 5.74) is 6.80. The van der Waals surface area contributed by atoms with E-state index in [1.165, 1.54) is 38.6 Å². The summed E-state index contributed by atoms with van der Waals surface area (Å²) in [5, 5.41) is 2.73. The fraction of sp³-hybridized carbons (Fsp3) is 0.250. The zero-order valence-electron chi connectivity index (χ0n) is 10.5. The van der Waals surface area contributed by atoms with Gasteiger partial charge in [0.15, 0.2) is 0 Å². The van der Waals surface area contributed by atoms with Crippen molar-refractivity contribution >= 4 is 16.8 Å². The highest BCUT2D eigenvalue weighted by Crippen LogP contribution is 2.29. The van der Waals surface area contributed by atoms with Gasteiger partial charge in [0, 0.05) is 0 Å². The summed E-state index contributed by atoms with van der Waals surface area (Å²) >= 11 is 0. The van der Waals surface area contributed by atoms with Crippen LogP contribution in [0, 0.1) is 27.7 Å². The van der Waals surface area contributed by atoms with Crippen molar-refractivity contribution in [2.45, 2.75) is 27.7 Å². The Balaban J connectivity index is 2.96. The molecule has 2 aromatic carbocycles. The number of fused-ring (bicyclic) bond motifs is 1. The molecule has 0 saturated heterocycles. The Bertz CT molecular complexity index is 574. The van der Waals surface area contributed by atoms with Crippen molar-refractivity contribution in [1.29, 1.82) is 0 Å². The lowest BCUT2D eigenvalue weighted by Crippen LogP contribution is -1.94. The van der Waals surface area contributed by atoms with Crippen LogP contribution >= 0.6 is 0 Å². The first-order valence-corrected chi connectivity index (χ1v) is 5.68. The number of rotatable bonds is 1. The predicted molar refractivity (Wildman–Crippen MR) is 73.0 cm³/mol. The van der Waals surface area contributed by atoms with E-state index < -0.39 is 0 Å². The standard InChI is InChI=1S/C16H18/c1-6-14-7-8-15-12(4)10(2)11(3)13(5)16(15)9-14/h6-9H,1H2,2-5H3. The van der Waals surface area contributed by atoms with Gasteiger partial charge in [0.25, 0.3) is 0 Å². The van der Waals surface area contributed by atoms with Gasteiger partial charge in [0.1, 0.15) is 0 Å². The Morgan fingerprint density at radius 1 is 0.812 bits per heavy atom. The fourth-order valence-electron chi connectivity index (χ4n) is 2.29. The maximum atomic E-state index is 3.83. The van der Waals surface area contributed by atoms with Gasteiger partial charge < -0.3 is 0 Å². The zero-order chi connectivity index (χ0) is 11.9. The summed E-state index contributed by atoms with van der Waals surface area (Å²) in [6.07, 6.45) is 1.91. The van der Waals surface area contributed by atoms with E-state index in [1.807, 2.05) is 6.08 Å². The molecule has 0 radical (unpaired) electrons. The molecule has 0 nitrogen and oxygen atoms in total. The van der Waals surface area contributed by atoms with E-state index in [0.717, 1.165) is 0 Å². The van der Waals surface area contributed by atoms with Gasteiger partial charge in [-0.05, 0) is 72.4 Å². The molecule has 0 atom stereocenters. The Morgan fingerprint density at radius 2 is 1.38 bits per heavy atom. The smallest absolute Gasteiger partial charge is 0.0143 e. The lowest BCUT2D eigenvalue weighted by Gasteiger charge is -2.14. The molecule has 0 fully saturated rings. The summed E-state index contributed by atoms with van der Waals surface area (Å²) in [6, 6.07) is 6.58. The molecule has 0 amide bonds. The Labute approximate surface area is 97.6 Å². The van der Waals surface area contributed by atoms with Gasteiger partial charge >= 0.3 is 0 Å². The molecule has 0 aliphatic carbocycles. The van der Waals surface area contributed by atoms with Gasteiger partial charge in [-0.2, -0.15) is 0 Å². The molecule has 0 aliphatic rings. The van der Waals surface area contributed by atoms with Crippen molar-refractivity contribution in [3.05, 3.63) is 52.6 Å². The second kappa shape index (κ2) is 3.79. The Hall–Kier alpha value is -1.56. The Morgan fingerprint density at radius 3 is 1.94 bits per heavy atom. The van der Waals surface area contributed by atoms with Gasteiger partial charge in [0.05, 0.1) is 0 Å². The van der Waals surface area contributed by atoms with Crippen LogP contribution in [0.4, 0.5) is 0 Å². The molecule has 0 bridgehead atoms. The van der Waals surface area contributed by atoms with Gasteiger partial charge in [0.2, 0.25) is 0 Å². The van der Waals surface area contributed by atoms with Crippen LogP contribution in [0.5, 0.6) is 0 Å². The van der Waals surface area contributed by atoms with Crippen LogP contribution in [0.1, 0.15) is 27.8 Å². The third kappa shape index (κ3) is 1.46. The minimum atomic E-state index is 1.19. The normalized spacial score (nSPS) is 10.8. The summed E-state index contributed by atoms with van der Waals surface area (Å²) in [7, 11) is 0. The van der Waals surface area contributed by atoms with Crippen LogP contribution in [0.25, 0.3) is 16.8 Å². The summed E-state index contributed by atoms with van der Waals surface area (Å²) in [5.74, 6) is 0. The van der Waals surface area contributed by atoms with Crippen LogP contribution < -0.4 is 0 Å². The van der Waals surface area contributed by atoms with Crippen LogP contribution in [-0.4, -0.2) is 0 Å². The maximum absolute atomic E-state index is 3.83. The van der Waals surface area contributed by atoms with Gasteiger partial charge in [-0.1, -0.05) is 24.8 Å². The number of benzene rings is 2. The maximum Gasteiger partial charge on any atom is -0.0143 e. The molecular weight excluding hydrogens is 192 g/mol. The predicted octanol–water partition coefficient (Wildman–Crippen LogP) is 4.72. The summed E-state index contributed by atoms with van der Waals surface area (Å²) in [6.45, 7) is 12.7. The lowest BCUT2D eigenvalue weighted by atomic mass is 9.91. The van der Waals surface area contributed by atoms with E-state index in [0.29, 0.717) is 0 Å². The Kier molecular flexibility index (Phi) is 2.59. The minimum Gasteiger partial charge on any atom is -0.0985 e. The quantitative estimate of drug-likeness (QED) is 0.639. The summed E-state index contributed by atoms with van der Waals surface area (Å²) in [4.78, 5) is 0. The molecule has 0 saturated carbocycles. The van der Waals surface area contributed by atoms with E-state index in [4.69, 9.17) is 0 Å². The van der Waals surface area contributed by atoms with Crippen molar-refractivity contribution in [2.24, 2.45) is 0 Å². The molecule has 0 heterocycles. The van der Waals surface area contributed by atoms with Crippen LogP contribution in [0.15, 0.2) is 24.8 Å². The third-order valence-corrected chi connectivity index (χ3v) is 3.77. The number of hydrogen-bond acceptors (Lipinski definition) is 0. The second-order valence-corrected chi connectivity index (χ2v) is 4.51. The molecule has 16 heavy (non-hydrogen) atoms. The lowest BCUT2D eigenvalue weighted by molar-refractivity contribution is 1.25. The van der Waals surface area contributed by atoms with E-state index in [-0.39, 0.29) is 0 Å². The molecule has 0 aliphatic heterocycles. The largest absolute Gasteiger partial charge is 0.0985 e. The van der Waals surface area contributed by atoms with Gasteiger partial charge in [-0.25, -0.2) is 0 Å². The molecule has 0 N–H and O–H groups in total. The first-order chi connectivity index (χ1) is 7.56. The molecule has 82 valence electrons. The molecule has 2 aromatic rings. The van der Waals surface area contributed by atoms with Crippen LogP contribution in [0.3, 0.4) is 0 Å². The molecule has 2 rings (SSSR count). The average Bonchev–Trinajstić information content (AvgIpc) is 2.33. The van der Waals surface area contributed by atoms with E-state index in [9.17, 15) is 0 Å². The molecule has 0 unspecified atom stereocenters. The van der Waals surface area contributed by atoms with Crippen molar-refractivity contribution in [3.63, 3.8) is 0 Å². The average molecular weight is 210 g/mol. The molecule has 0 spiro atoms. The van der Waals surface area contributed by atoms with Crippen molar-refractivity contribution in [1.82, 2.24) is 0 Å². The molecular formula is C16H18. The van der Waals surface area contributed by atoms with Crippen LogP contribution in [-0.2, 0) is 0 Å². The fourth-order valence-corrected chi connectivity index (χ4v) is 2.29. The van der Waals surface area contributed by atoms with Crippen molar-refractivity contribution in [3.8, 4) is 0 Å². The van der Waals surface area contributed by atoms with Gasteiger partial charge in [-0.15, -0.1) is 0 Å².